The second-order valence-electron chi connectivity index (χ2n) is 3.81. The normalized spacial score (nSPS) is 10.9. The van der Waals surface area contributed by atoms with Crippen LogP contribution in [0.1, 0.15) is 11.1 Å². The van der Waals surface area contributed by atoms with Gasteiger partial charge in [0.2, 0.25) is 0 Å². The van der Waals surface area contributed by atoms with Gasteiger partial charge < -0.3 is 5.43 Å². The number of hydrogen-bond acceptors (Lipinski definition) is 2. The molecule has 2 aromatic carbocycles. The number of nitrogens with one attached hydrogen (secondary N) is 1. The predicted octanol–water partition coefficient (Wildman–Crippen LogP) is 4.72. The maximum absolute atomic E-state index is 6.07. The molecule has 0 bridgehead atoms. The molecular formula is C14H11Cl2IN2. The van der Waals surface area contributed by atoms with Gasteiger partial charge in [0.25, 0.3) is 0 Å². The second kappa shape index (κ2) is 7.12. The van der Waals surface area contributed by atoms with Gasteiger partial charge in [0, 0.05) is 24.7 Å². The average Bonchev–Trinajstić information content (AvgIpc) is 2.39. The van der Waals surface area contributed by atoms with Gasteiger partial charge in [0.05, 0.1) is 12.8 Å². The summed E-state index contributed by atoms with van der Waals surface area (Å²) >= 11 is 14.4. The number of rotatable bonds is 4. The highest BCUT2D eigenvalue weighted by Gasteiger charge is 2.03. The molecular weight excluding hydrogens is 394 g/mol. The van der Waals surface area contributed by atoms with Gasteiger partial charge in [-0.1, -0.05) is 47.5 Å². The lowest BCUT2D eigenvalue weighted by atomic mass is 10.2. The zero-order valence-electron chi connectivity index (χ0n) is 9.91. The molecule has 0 fully saturated rings. The van der Waals surface area contributed by atoms with E-state index in [1.54, 1.807) is 6.21 Å². The van der Waals surface area contributed by atoms with Crippen molar-refractivity contribution in [3.63, 3.8) is 0 Å². The molecule has 1 N–H and O–H groups in total. The number of hydrogen-bond donors (Lipinski definition) is 1. The molecule has 98 valence electrons. The van der Waals surface area contributed by atoms with Crippen molar-refractivity contribution in [1.29, 1.82) is 0 Å². The average molecular weight is 405 g/mol. The minimum absolute atomic E-state index is 0.498. The Morgan fingerprint density at radius 3 is 2.42 bits per heavy atom. The highest BCUT2D eigenvalue weighted by atomic mass is 127. The number of hydrazone groups is 1. The maximum Gasteiger partial charge on any atom is 0.0609 e. The lowest BCUT2D eigenvalue weighted by Gasteiger charge is -2.06. The van der Waals surface area contributed by atoms with Gasteiger partial charge >= 0.3 is 0 Å². The molecule has 2 nitrogen and oxygen atoms in total. The first-order valence-electron chi connectivity index (χ1n) is 5.62. The van der Waals surface area contributed by atoms with Crippen molar-refractivity contribution < 1.29 is 0 Å². The van der Waals surface area contributed by atoms with Crippen LogP contribution in [0.25, 0.3) is 0 Å². The van der Waals surface area contributed by atoms with Gasteiger partial charge in [0.15, 0.2) is 0 Å². The summed E-state index contributed by atoms with van der Waals surface area (Å²) < 4.78 is 1.15. The first-order valence-corrected chi connectivity index (χ1v) is 7.45. The van der Waals surface area contributed by atoms with Gasteiger partial charge in [-0.25, -0.2) is 0 Å². The van der Waals surface area contributed by atoms with Crippen LogP contribution in [-0.4, -0.2) is 6.21 Å². The van der Waals surface area contributed by atoms with Gasteiger partial charge in [-0.15, -0.1) is 0 Å². The predicted molar refractivity (Wildman–Crippen MR) is 90.1 cm³/mol. The highest BCUT2D eigenvalue weighted by molar-refractivity contribution is 14.1. The maximum atomic E-state index is 6.07. The minimum atomic E-state index is 0.498. The molecule has 0 radical (unpaired) electrons. The molecule has 0 saturated carbocycles. The summed E-state index contributed by atoms with van der Waals surface area (Å²) in [4.78, 5) is 0. The van der Waals surface area contributed by atoms with E-state index in [1.165, 1.54) is 0 Å². The Morgan fingerprint density at radius 1 is 1.05 bits per heavy atom. The SMILES string of the molecule is Clc1cccc(Cl)c1CN/N=C\c1ccccc1I. The highest BCUT2D eigenvalue weighted by Crippen LogP contribution is 2.23. The van der Waals surface area contributed by atoms with E-state index in [0.29, 0.717) is 16.6 Å². The second-order valence-corrected chi connectivity index (χ2v) is 5.79. The molecule has 0 aliphatic rings. The Morgan fingerprint density at radius 2 is 1.74 bits per heavy atom. The Labute approximate surface area is 136 Å². The van der Waals surface area contributed by atoms with Gasteiger partial charge in [0.1, 0.15) is 0 Å². The van der Waals surface area contributed by atoms with Crippen LogP contribution >= 0.6 is 45.8 Å². The Bertz CT molecular complexity index is 579. The fourth-order valence-electron chi connectivity index (χ4n) is 1.52. The van der Waals surface area contributed by atoms with E-state index >= 15 is 0 Å². The van der Waals surface area contributed by atoms with Crippen LogP contribution in [0.5, 0.6) is 0 Å². The standard InChI is InChI=1S/C14H11Cl2IN2/c15-12-5-3-6-13(16)11(12)9-19-18-8-10-4-1-2-7-14(10)17/h1-8,19H,9H2/b18-8-. The van der Waals surface area contributed by atoms with Crippen LogP contribution in [0.15, 0.2) is 47.6 Å². The van der Waals surface area contributed by atoms with Crippen molar-refractivity contribution in [2.75, 3.05) is 0 Å². The van der Waals surface area contributed by atoms with E-state index in [4.69, 9.17) is 23.2 Å². The lowest BCUT2D eigenvalue weighted by molar-refractivity contribution is 0.748. The van der Waals surface area contributed by atoms with Crippen molar-refractivity contribution in [2.24, 2.45) is 5.10 Å². The van der Waals surface area contributed by atoms with E-state index in [-0.39, 0.29) is 0 Å². The molecule has 2 rings (SSSR count). The number of benzene rings is 2. The number of halogens is 3. The molecule has 0 aliphatic carbocycles. The molecule has 0 atom stereocenters. The van der Waals surface area contributed by atoms with Crippen molar-refractivity contribution >= 4 is 52.0 Å². The van der Waals surface area contributed by atoms with E-state index in [9.17, 15) is 0 Å². The summed E-state index contributed by atoms with van der Waals surface area (Å²) in [5.74, 6) is 0. The molecule has 19 heavy (non-hydrogen) atoms. The number of nitrogens with zero attached hydrogens (tertiary/aromatic N) is 1. The van der Waals surface area contributed by atoms with E-state index in [2.05, 4.69) is 33.1 Å². The van der Waals surface area contributed by atoms with Crippen molar-refractivity contribution in [1.82, 2.24) is 5.43 Å². The summed E-state index contributed by atoms with van der Waals surface area (Å²) in [6.07, 6.45) is 1.78. The van der Waals surface area contributed by atoms with Crippen LogP contribution in [0.2, 0.25) is 10.0 Å². The summed E-state index contributed by atoms with van der Waals surface area (Å²) in [6, 6.07) is 13.5. The first kappa shape index (κ1) is 14.6. The summed E-state index contributed by atoms with van der Waals surface area (Å²) in [7, 11) is 0. The largest absolute Gasteiger partial charge is 0.306 e. The first-order chi connectivity index (χ1) is 9.18. The van der Waals surface area contributed by atoms with Crippen LogP contribution in [-0.2, 0) is 6.54 Å². The third-order valence-electron chi connectivity index (χ3n) is 2.52. The van der Waals surface area contributed by atoms with E-state index in [0.717, 1.165) is 14.7 Å². The molecule has 0 aromatic heterocycles. The van der Waals surface area contributed by atoms with Crippen molar-refractivity contribution in [3.05, 3.63) is 67.2 Å². The van der Waals surface area contributed by atoms with Gasteiger partial charge in [-0.05, 0) is 40.8 Å². The molecule has 0 aliphatic heterocycles. The van der Waals surface area contributed by atoms with Crippen molar-refractivity contribution in [2.45, 2.75) is 6.54 Å². The zero-order valence-corrected chi connectivity index (χ0v) is 13.6. The zero-order chi connectivity index (χ0) is 13.7. The Kier molecular flexibility index (Phi) is 5.48. The Balaban J connectivity index is 1.99. The van der Waals surface area contributed by atoms with Crippen LogP contribution in [0.3, 0.4) is 0 Å². The van der Waals surface area contributed by atoms with Gasteiger partial charge in [-0.3, -0.25) is 0 Å². The van der Waals surface area contributed by atoms with E-state index in [1.807, 2.05) is 42.5 Å². The molecule has 0 unspecified atom stereocenters. The quantitative estimate of drug-likeness (QED) is 0.445. The molecule has 0 saturated heterocycles. The summed E-state index contributed by atoms with van der Waals surface area (Å²) in [5.41, 5.74) is 4.88. The minimum Gasteiger partial charge on any atom is -0.306 e. The fourth-order valence-corrected chi connectivity index (χ4v) is 2.58. The van der Waals surface area contributed by atoms with E-state index < -0.39 is 0 Å². The molecule has 0 amide bonds. The molecule has 5 heteroatoms. The summed E-state index contributed by atoms with van der Waals surface area (Å²) in [6.45, 7) is 0.498. The molecule has 0 heterocycles. The molecule has 0 spiro atoms. The summed E-state index contributed by atoms with van der Waals surface area (Å²) in [5, 5.41) is 5.47. The smallest absolute Gasteiger partial charge is 0.0609 e. The van der Waals surface area contributed by atoms with Crippen LogP contribution in [0, 0.1) is 3.57 Å². The Hall–Kier alpha value is -0.780. The lowest BCUT2D eigenvalue weighted by Crippen LogP contribution is -2.06. The van der Waals surface area contributed by atoms with Crippen molar-refractivity contribution in [3.8, 4) is 0 Å². The topological polar surface area (TPSA) is 24.4 Å². The molecule has 2 aromatic rings. The third-order valence-corrected chi connectivity index (χ3v) is 4.21. The third kappa shape index (κ3) is 4.09. The van der Waals surface area contributed by atoms with Gasteiger partial charge in [-0.2, -0.15) is 5.10 Å². The monoisotopic (exact) mass is 404 g/mol. The fraction of sp³-hybridized carbons (Fsp3) is 0.0714. The van der Waals surface area contributed by atoms with Crippen LogP contribution in [0.4, 0.5) is 0 Å². The van der Waals surface area contributed by atoms with Crippen LogP contribution < -0.4 is 5.43 Å².